The number of nitrogens with two attached hydrogens (primary N) is 1. The van der Waals surface area contributed by atoms with Crippen LogP contribution in [0.3, 0.4) is 0 Å². The molecule has 0 aliphatic rings. The third kappa shape index (κ3) is 4.89. The first-order chi connectivity index (χ1) is 4.66. The van der Waals surface area contributed by atoms with Gasteiger partial charge in [0.1, 0.15) is 5.84 Å². The molecule has 5 N–H and O–H groups in total. The van der Waals surface area contributed by atoms with Crippen molar-refractivity contribution in [1.82, 2.24) is 10.6 Å². The summed E-state index contributed by atoms with van der Waals surface area (Å²) in [6.07, 6.45) is 0. The van der Waals surface area contributed by atoms with E-state index in [9.17, 15) is 4.79 Å². The second kappa shape index (κ2) is 4.60. The minimum absolute atomic E-state index is 0.0498. The molecule has 0 spiro atoms. The van der Waals surface area contributed by atoms with Crippen molar-refractivity contribution in [3.05, 3.63) is 0 Å². The quantitative estimate of drug-likeness (QED) is 0.310. The van der Waals surface area contributed by atoms with Gasteiger partial charge in [0, 0.05) is 6.54 Å². The number of amides is 2. The molecule has 0 rings (SSSR count). The van der Waals surface area contributed by atoms with Crippen LogP contribution in [-0.4, -0.2) is 25.0 Å². The molecule has 0 aromatic carbocycles. The zero-order chi connectivity index (χ0) is 7.98. The summed E-state index contributed by atoms with van der Waals surface area (Å²) in [6, 6.07) is -0.294. The van der Waals surface area contributed by atoms with Crippen LogP contribution < -0.4 is 16.4 Å². The van der Waals surface area contributed by atoms with E-state index in [1.165, 1.54) is 0 Å². The monoisotopic (exact) mass is 144 g/mol. The van der Waals surface area contributed by atoms with Gasteiger partial charge in [-0.05, 0) is 6.92 Å². The van der Waals surface area contributed by atoms with Crippen molar-refractivity contribution in [2.24, 2.45) is 5.73 Å². The largest absolute Gasteiger partial charge is 0.386 e. The molecule has 58 valence electrons. The molecule has 0 aliphatic heterocycles. The Morgan fingerprint density at radius 1 is 1.60 bits per heavy atom. The molecular weight excluding hydrogens is 132 g/mol. The highest BCUT2D eigenvalue weighted by atomic mass is 16.2. The highest BCUT2D eigenvalue weighted by Gasteiger charge is 1.95. The van der Waals surface area contributed by atoms with Gasteiger partial charge in [-0.2, -0.15) is 0 Å². The van der Waals surface area contributed by atoms with Gasteiger partial charge >= 0.3 is 6.03 Å². The average molecular weight is 144 g/mol. The molecule has 5 heteroatoms. The van der Waals surface area contributed by atoms with Crippen LogP contribution in [0.4, 0.5) is 4.79 Å². The van der Waals surface area contributed by atoms with Crippen molar-refractivity contribution in [1.29, 1.82) is 5.41 Å². The Kier molecular flexibility index (Phi) is 4.02. The van der Waals surface area contributed by atoms with E-state index >= 15 is 0 Å². The summed E-state index contributed by atoms with van der Waals surface area (Å²) in [4.78, 5) is 10.6. The highest BCUT2D eigenvalue weighted by molar-refractivity contribution is 5.84. The molecule has 0 bridgehead atoms. The number of amidine groups is 1. The van der Waals surface area contributed by atoms with Crippen molar-refractivity contribution < 1.29 is 4.79 Å². The van der Waals surface area contributed by atoms with Gasteiger partial charge < -0.3 is 16.4 Å². The second-order valence-corrected chi connectivity index (χ2v) is 1.74. The van der Waals surface area contributed by atoms with Crippen LogP contribution in [-0.2, 0) is 0 Å². The maximum atomic E-state index is 10.6. The van der Waals surface area contributed by atoms with E-state index in [2.05, 4.69) is 10.6 Å². The zero-order valence-electron chi connectivity index (χ0n) is 5.90. The van der Waals surface area contributed by atoms with Crippen molar-refractivity contribution in [3.8, 4) is 0 Å². The Balaban J connectivity index is 3.30. The van der Waals surface area contributed by atoms with Gasteiger partial charge in [0.05, 0.1) is 6.54 Å². The van der Waals surface area contributed by atoms with Crippen molar-refractivity contribution in [2.75, 3.05) is 13.1 Å². The Morgan fingerprint density at radius 2 is 2.20 bits per heavy atom. The predicted octanol–water partition coefficient (Wildman–Crippen LogP) is -0.759. The minimum Gasteiger partial charge on any atom is -0.386 e. The van der Waals surface area contributed by atoms with Crippen LogP contribution >= 0.6 is 0 Å². The van der Waals surface area contributed by atoms with Crippen molar-refractivity contribution in [2.45, 2.75) is 6.92 Å². The lowest BCUT2D eigenvalue weighted by Gasteiger charge is -2.02. The lowest BCUT2D eigenvalue weighted by Crippen LogP contribution is -2.39. The van der Waals surface area contributed by atoms with E-state index in [1.54, 1.807) is 0 Å². The normalized spacial score (nSPS) is 8.50. The molecular formula is C5H12N4O. The lowest BCUT2D eigenvalue weighted by atomic mass is 10.6. The molecule has 0 unspecified atom stereocenters. The fourth-order valence-electron chi connectivity index (χ4n) is 0.399. The van der Waals surface area contributed by atoms with E-state index in [0.717, 1.165) is 0 Å². The first-order valence-corrected chi connectivity index (χ1v) is 3.01. The Labute approximate surface area is 59.5 Å². The van der Waals surface area contributed by atoms with Crippen LogP contribution in [0, 0.1) is 5.41 Å². The summed E-state index contributed by atoms with van der Waals surface area (Å²) < 4.78 is 0. The van der Waals surface area contributed by atoms with Crippen LogP contribution in [0.2, 0.25) is 0 Å². The van der Waals surface area contributed by atoms with Crippen LogP contribution in [0.5, 0.6) is 0 Å². The molecule has 0 radical (unpaired) electrons. The van der Waals surface area contributed by atoms with Gasteiger partial charge in [0.25, 0.3) is 0 Å². The lowest BCUT2D eigenvalue weighted by molar-refractivity contribution is 0.242. The number of carbonyl (C=O) groups is 1. The van der Waals surface area contributed by atoms with E-state index < -0.39 is 0 Å². The molecule has 0 heterocycles. The first-order valence-electron chi connectivity index (χ1n) is 3.01. The minimum atomic E-state index is -0.294. The van der Waals surface area contributed by atoms with Crippen LogP contribution in [0.1, 0.15) is 6.92 Å². The molecule has 0 aromatic heterocycles. The summed E-state index contributed by atoms with van der Waals surface area (Å²) >= 11 is 0. The molecule has 0 saturated carbocycles. The maximum absolute atomic E-state index is 10.6. The predicted molar refractivity (Wildman–Crippen MR) is 39.0 cm³/mol. The summed E-state index contributed by atoms with van der Waals surface area (Å²) in [5.41, 5.74) is 4.98. The van der Waals surface area contributed by atoms with E-state index in [-0.39, 0.29) is 18.4 Å². The van der Waals surface area contributed by atoms with Gasteiger partial charge in [0.2, 0.25) is 0 Å². The number of rotatable bonds is 3. The second-order valence-electron chi connectivity index (χ2n) is 1.74. The highest BCUT2D eigenvalue weighted by Crippen LogP contribution is 1.62. The Morgan fingerprint density at radius 3 is 2.60 bits per heavy atom. The first kappa shape index (κ1) is 8.74. The van der Waals surface area contributed by atoms with Gasteiger partial charge in [-0.3, -0.25) is 5.41 Å². The standard InChI is InChI=1S/C5H12N4O/c1-2-8-5(10)9-3-4(6)7/h2-3H2,1H3,(H3,6,7)(H2,8,9,10). The maximum Gasteiger partial charge on any atom is 0.315 e. The molecule has 0 atom stereocenters. The fourth-order valence-corrected chi connectivity index (χ4v) is 0.399. The van der Waals surface area contributed by atoms with Gasteiger partial charge in [-0.15, -0.1) is 0 Å². The van der Waals surface area contributed by atoms with Crippen LogP contribution in [0.25, 0.3) is 0 Å². The molecule has 0 aromatic rings. The molecule has 5 nitrogen and oxygen atoms in total. The topological polar surface area (TPSA) is 91.0 Å². The summed E-state index contributed by atoms with van der Waals surface area (Å²) in [6.45, 7) is 2.49. The molecule has 2 amide bonds. The Hall–Kier alpha value is -1.26. The smallest absolute Gasteiger partial charge is 0.315 e. The Bertz CT molecular complexity index is 134. The number of hydrogen-bond acceptors (Lipinski definition) is 2. The van der Waals surface area contributed by atoms with Gasteiger partial charge in [-0.25, -0.2) is 4.79 Å². The van der Waals surface area contributed by atoms with Gasteiger partial charge in [-0.1, -0.05) is 0 Å². The van der Waals surface area contributed by atoms with E-state index in [0.29, 0.717) is 6.54 Å². The fraction of sp³-hybridized carbons (Fsp3) is 0.600. The zero-order valence-corrected chi connectivity index (χ0v) is 5.90. The SMILES string of the molecule is CCNC(=O)NCC(=N)N. The van der Waals surface area contributed by atoms with Crippen molar-refractivity contribution in [3.63, 3.8) is 0 Å². The third-order valence-electron chi connectivity index (χ3n) is 0.777. The number of carbonyl (C=O) groups excluding carboxylic acids is 1. The summed E-state index contributed by atoms with van der Waals surface area (Å²) in [7, 11) is 0. The number of hydrogen-bond donors (Lipinski definition) is 4. The molecule has 0 fully saturated rings. The average Bonchev–Trinajstić information content (AvgIpc) is 1.85. The number of nitrogens with one attached hydrogen (secondary N) is 3. The van der Waals surface area contributed by atoms with E-state index in [1.807, 2.05) is 6.92 Å². The van der Waals surface area contributed by atoms with Gasteiger partial charge in [0.15, 0.2) is 0 Å². The van der Waals surface area contributed by atoms with E-state index in [4.69, 9.17) is 11.1 Å². The summed E-state index contributed by atoms with van der Waals surface area (Å²) in [5, 5.41) is 11.6. The molecule has 0 saturated heterocycles. The third-order valence-corrected chi connectivity index (χ3v) is 0.777. The molecule has 10 heavy (non-hydrogen) atoms. The van der Waals surface area contributed by atoms with Crippen molar-refractivity contribution >= 4 is 11.9 Å². The van der Waals surface area contributed by atoms with Crippen LogP contribution in [0.15, 0.2) is 0 Å². The summed E-state index contributed by atoms with van der Waals surface area (Å²) in [5.74, 6) is -0.0498. The molecule has 0 aliphatic carbocycles. The number of urea groups is 1.